The quantitative estimate of drug-likeness (QED) is 0.840. The summed E-state index contributed by atoms with van der Waals surface area (Å²) in [6, 6.07) is 6.74. The first-order valence-corrected chi connectivity index (χ1v) is 7.10. The van der Waals surface area contributed by atoms with E-state index in [1.165, 1.54) is 0 Å². The molecule has 0 saturated heterocycles. The molecule has 1 heterocycles. The lowest BCUT2D eigenvalue weighted by Gasteiger charge is -2.21. The molecule has 0 bridgehead atoms. The molecule has 22 heavy (non-hydrogen) atoms. The molecule has 0 spiro atoms. The second kappa shape index (κ2) is 6.02. The van der Waals surface area contributed by atoms with Crippen LogP contribution >= 0.6 is 0 Å². The molecule has 0 amide bonds. The number of benzene rings is 1. The smallest absolute Gasteiger partial charge is 0.494 e. The Balaban J connectivity index is 2.58. The molecular formula is C15H20BNO5. The molecule has 0 aliphatic carbocycles. The van der Waals surface area contributed by atoms with Crippen molar-refractivity contribution in [2.24, 2.45) is 0 Å². The van der Waals surface area contributed by atoms with Gasteiger partial charge in [0.25, 0.3) is 0 Å². The topological polar surface area (TPSA) is 80.9 Å². The monoisotopic (exact) mass is 305 g/mol. The molecule has 0 saturated carbocycles. The van der Waals surface area contributed by atoms with Gasteiger partial charge in [0.15, 0.2) is 0 Å². The van der Waals surface area contributed by atoms with E-state index >= 15 is 0 Å². The van der Waals surface area contributed by atoms with Crippen LogP contribution in [0.15, 0.2) is 24.3 Å². The summed E-state index contributed by atoms with van der Waals surface area (Å²) < 4.78 is 11.9. The Morgan fingerprint density at radius 1 is 1.27 bits per heavy atom. The maximum atomic E-state index is 12.4. The zero-order valence-corrected chi connectivity index (χ0v) is 13.2. The Labute approximate surface area is 129 Å². The molecule has 0 unspecified atom stereocenters. The van der Waals surface area contributed by atoms with Gasteiger partial charge in [-0.15, -0.1) is 0 Å². The molecule has 0 fully saturated rings. The van der Waals surface area contributed by atoms with Gasteiger partial charge in [0.05, 0.1) is 17.7 Å². The number of carbonyl (C=O) groups is 1. The maximum absolute atomic E-state index is 12.4. The van der Waals surface area contributed by atoms with E-state index in [0.717, 1.165) is 4.57 Å². The normalized spacial score (nSPS) is 11.5. The molecule has 0 aliphatic rings. The van der Waals surface area contributed by atoms with Crippen molar-refractivity contribution in [3.63, 3.8) is 0 Å². The minimum atomic E-state index is -1.78. The van der Waals surface area contributed by atoms with Crippen LogP contribution in [0.4, 0.5) is 4.79 Å². The molecule has 0 atom stereocenters. The summed E-state index contributed by atoms with van der Waals surface area (Å²) in [5, 5.41) is 19.7. The van der Waals surface area contributed by atoms with E-state index < -0.39 is 18.8 Å². The zero-order chi connectivity index (χ0) is 16.5. The third-order valence-corrected chi connectivity index (χ3v) is 2.96. The molecule has 0 radical (unpaired) electrons. The molecular weight excluding hydrogens is 285 g/mol. The highest BCUT2D eigenvalue weighted by molar-refractivity contribution is 6.59. The summed E-state index contributed by atoms with van der Waals surface area (Å²) in [6.45, 7) is 7.60. The predicted molar refractivity (Wildman–Crippen MR) is 84.6 cm³/mol. The fourth-order valence-electron chi connectivity index (χ4n) is 2.16. The van der Waals surface area contributed by atoms with Crippen LogP contribution in [0.1, 0.15) is 27.7 Å². The van der Waals surface area contributed by atoms with E-state index in [1.807, 2.05) is 6.92 Å². The lowest BCUT2D eigenvalue weighted by Crippen LogP contribution is -2.41. The van der Waals surface area contributed by atoms with Crippen LogP contribution in [0.2, 0.25) is 0 Å². The summed E-state index contributed by atoms with van der Waals surface area (Å²) in [5.41, 5.74) is -0.135. The number of hydrogen-bond acceptors (Lipinski definition) is 5. The second-order valence-electron chi connectivity index (χ2n) is 5.91. The van der Waals surface area contributed by atoms with Crippen LogP contribution in [0.3, 0.4) is 0 Å². The van der Waals surface area contributed by atoms with Crippen LogP contribution in [0, 0.1) is 0 Å². The predicted octanol–water partition coefficient (Wildman–Crippen LogP) is 1.50. The summed E-state index contributed by atoms with van der Waals surface area (Å²) in [6.07, 6.45) is -0.667. The minimum Gasteiger partial charge on any atom is -0.494 e. The average Bonchev–Trinajstić information content (AvgIpc) is 2.76. The molecule has 1 aromatic heterocycles. The number of fused-ring (bicyclic) bond motifs is 1. The fraction of sp³-hybridized carbons (Fsp3) is 0.400. The van der Waals surface area contributed by atoms with Crippen molar-refractivity contribution in [1.29, 1.82) is 0 Å². The van der Waals surface area contributed by atoms with E-state index in [-0.39, 0.29) is 5.59 Å². The number of rotatable bonds is 3. The van der Waals surface area contributed by atoms with Crippen LogP contribution in [0.5, 0.6) is 5.75 Å². The van der Waals surface area contributed by atoms with Crippen molar-refractivity contribution in [3.05, 3.63) is 24.3 Å². The molecule has 2 rings (SSSR count). The van der Waals surface area contributed by atoms with Crippen molar-refractivity contribution in [1.82, 2.24) is 4.57 Å². The SMILES string of the molecule is CCOc1ccc2cc(B(O)O)n(C(=O)OC(C)(C)C)c2c1. The van der Waals surface area contributed by atoms with Gasteiger partial charge < -0.3 is 19.5 Å². The van der Waals surface area contributed by atoms with Crippen LogP contribution < -0.4 is 10.3 Å². The molecule has 2 N–H and O–H groups in total. The molecule has 6 nitrogen and oxygen atoms in total. The van der Waals surface area contributed by atoms with Crippen LogP contribution in [-0.4, -0.2) is 40.0 Å². The zero-order valence-electron chi connectivity index (χ0n) is 13.2. The van der Waals surface area contributed by atoms with E-state index in [1.54, 1.807) is 45.0 Å². The van der Waals surface area contributed by atoms with Gasteiger partial charge in [-0.05, 0) is 45.9 Å². The maximum Gasteiger partial charge on any atom is 0.506 e. The van der Waals surface area contributed by atoms with Crippen LogP contribution in [0.25, 0.3) is 10.9 Å². The molecule has 7 heteroatoms. The van der Waals surface area contributed by atoms with Gasteiger partial charge in [0.1, 0.15) is 11.4 Å². The summed E-state index contributed by atoms with van der Waals surface area (Å²) >= 11 is 0. The Hall–Kier alpha value is -1.99. The third kappa shape index (κ3) is 3.43. The lowest BCUT2D eigenvalue weighted by molar-refractivity contribution is 0.0547. The van der Waals surface area contributed by atoms with Gasteiger partial charge in [-0.25, -0.2) is 4.79 Å². The highest BCUT2D eigenvalue weighted by Crippen LogP contribution is 2.22. The molecule has 2 aromatic rings. The van der Waals surface area contributed by atoms with Gasteiger partial charge in [-0.2, -0.15) is 0 Å². The van der Waals surface area contributed by atoms with Crippen molar-refractivity contribution < 1.29 is 24.3 Å². The molecule has 0 aliphatic heterocycles. The molecule has 118 valence electrons. The van der Waals surface area contributed by atoms with Gasteiger partial charge in [-0.3, -0.25) is 4.57 Å². The van der Waals surface area contributed by atoms with E-state index in [2.05, 4.69) is 0 Å². The van der Waals surface area contributed by atoms with Gasteiger partial charge in [-0.1, -0.05) is 0 Å². The number of nitrogens with zero attached hydrogens (tertiary/aromatic N) is 1. The first-order valence-electron chi connectivity index (χ1n) is 7.10. The van der Waals surface area contributed by atoms with Crippen molar-refractivity contribution in [3.8, 4) is 5.75 Å². The standard InChI is InChI=1S/C15H20BNO5/c1-5-21-11-7-6-10-8-13(16(19)20)17(12(10)9-11)14(18)22-15(2,3)4/h6-9,19-20H,5H2,1-4H3. The third-order valence-electron chi connectivity index (χ3n) is 2.96. The van der Waals surface area contributed by atoms with E-state index in [4.69, 9.17) is 9.47 Å². The summed E-state index contributed by atoms with van der Waals surface area (Å²) in [7, 11) is -1.78. The van der Waals surface area contributed by atoms with Crippen molar-refractivity contribution in [2.75, 3.05) is 6.61 Å². The Morgan fingerprint density at radius 3 is 2.50 bits per heavy atom. The van der Waals surface area contributed by atoms with E-state index in [0.29, 0.717) is 23.3 Å². The highest BCUT2D eigenvalue weighted by Gasteiger charge is 2.27. The van der Waals surface area contributed by atoms with Crippen LogP contribution in [-0.2, 0) is 4.74 Å². The first kappa shape index (κ1) is 16.4. The Bertz CT molecular complexity index is 687. The average molecular weight is 305 g/mol. The number of aromatic nitrogens is 1. The Morgan fingerprint density at radius 2 is 1.95 bits per heavy atom. The van der Waals surface area contributed by atoms with Gasteiger partial charge >= 0.3 is 13.2 Å². The van der Waals surface area contributed by atoms with Crippen molar-refractivity contribution in [2.45, 2.75) is 33.3 Å². The lowest BCUT2D eigenvalue weighted by atomic mass is 9.86. The number of ether oxygens (including phenoxy) is 2. The van der Waals surface area contributed by atoms with Gasteiger partial charge in [0.2, 0.25) is 0 Å². The number of hydrogen-bond donors (Lipinski definition) is 2. The number of carbonyl (C=O) groups excluding carboxylic acids is 1. The summed E-state index contributed by atoms with van der Waals surface area (Å²) in [5.74, 6) is 0.594. The van der Waals surface area contributed by atoms with Crippen molar-refractivity contribution >= 4 is 29.7 Å². The molecule has 1 aromatic carbocycles. The first-order chi connectivity index (χ1) is 10.2. The van der Waals surface area contributed by atoms with E-state index in [9.17, 15) is 14.8 Å². The fourth-order valence-corrected chi connectivity index (χ4v) is 2.16. The minimum absolute atomic E-state index is 0.0536. The Kier molecular flexibility index (Phi) is 4.48. The largest absolute Gasteiger partial charge is 0.506 e. The summed E-state index contributed by atoms with van der Waals surface area (Å²) in [4.78, 5) is 12.4. The van der Waals surface area contributed by atoms with Gasteiger partial charge in [0, 0.05) is 11.5 Å². The second-order valence-corrected chi connectivity index (χ2v) is 5.91. The highest BCUT2D eigenvalue weighted by atomic mass is 16.6.